The third kappa shape index (κ3) is 9.69. The normalized spacial score (nSPS) is 13.7. The maximum Gasteiger partial charge on any atom is 0.407 e. The summed E-state index contributed by atoms with van der Waals surface area (Å²) < 4.78 is 10.7. The fourth-order valence-corrected chi connectivity index (χ4v) is 4.38. The molecule has 42 heavy (non-hydrogen) atoms. The molecule has 218 valence electrons. The molecular weight excluding hydrogens is 536 g/mol. The van der Waals surface area contributed by atoms with Crippen molar-refractivity contribution < 1.29 is 29.3 Å². The van der Waals surface area contributed by atoms with Crippen LogP contribution in [0.3, 0.4) is 0 Å². The lowest BCUT2D eigenvalue weighted by Gasteiger charge is -2.32. The molecule has 4 rings (SSSR count). The number of benzene rings is 2. The van der Waals surface area contributed by atoms with Crippen LogP contribution in [0, 0.1) is 0 Å². The molecule has 2 heterocycles. The lowest BCUT2D eigenvalue weighted by Crippen LogP contribution is -2.57. The Balaban J connectivity index is 1.48. The highest BCUT2D eigenvalue weighted by Gasteiger charge is 2.35. The second kappa shape index (κ2) is 15.8. The highest BCUT2D eigenvalue weighted by Crippen LogP contribution is 2.16. The first-order chi connectivity index (χ1) is 20.5. The van der Waals surface area contributed by atoms with Crippen LogP contribution in [-0.4, -0.2) is 56.7 Å². The maximum absolute atomic E-state index is 12.8. The van der Waals surface area contributed by atoms with Crippen LogP contribution in [-0.2, 0) is 35.5 Å². The lowest BCUT2D eigenvalue weighted by molar-refractivity contribution is -0.0240. The zero-order valence-electron chi connectivity index (χ0n) is 23.0. The predicted octanol–water partition coefficient (Wildman–Crippen LogP) is 3.57. The Morgan fingerprint density at radius 3 is 1.33 bits per heavy atom. The van der Waals surface area contributed by atoms with Gasteiger partial charge in [0.1, 0.15) is 25.4 Å². The monoisotopic (exact) mass is 570 g/mol. The molecular formula is C32H34N4O6. The molecule has 0 aliphatic rings. The maximum atomic E-state index is 12.8. The molecule has 0 fully saturated rings. The number of aromatic nitrogens is 2. The molecule has 4 N–H and O–H groups in total. The van der Waals surface area contributed by atoms with E-state index in [0.29, 0.717) is 11.1 Å². The van der Waals surface area contributed by atoms with E-state index in [0.717, 1.165) is 11.1 Å². The van der Waals surface area contributed by atoms with Gasteiger partial charge in [0.05, 0.1) is 12.1 Å². The third-order valence-corrected chi connectivity index (χ3v) is 6.56. The summed E-state index contributed by atoms with van der Waals surface area (Å²) in [6.07, 6.45) is 2.30. The van der Waals surface area contributed by atoms with Gasteiger partial charge in [0.15, 0.2) is 0 Å². The first-order valence-corrected chi connectivity index (χ1v) is 13.6. The number of pyridine rings is 2. The molecule has 2 aromatic carbocycles. The Morgan fingerprint density at radius 2 is 0.976 bits per heavy atom. The SMILES string of the molecule is O=C(N[C@@H](Cc1ccccc1)[C@@H](O)[C@H](O)[C@H](Cc1ccccc1)NC(=O)OCc1cccnc1)OCc1cccnc1. The summed E-state index contributed by atoms with van der Waals surface area (Å²) in [6.45, 7) is -0.0331. The number of carbonyl (C=O) groups excluding carboxylic acids is 2. The van der Waals surface area contributed by atoms with Crippen LogP contribution in [0.2, 0.25) is 0 Å². The van der Waals surface area contributed by atoms with Crippen LogP contribution in [0.5, 0.6) is 0 Å². The van der Waals surface area contributed by atoms with Crippen molar-refractivity contribution in [2.24, 2.45) is 0 Å². The Labute approximate surface area is 244 Å². The van der Waals surface area contributed by atoms with Crippen molar-refractivity contribution in [3.8, 4) is 0 Å². The minimum Gasteiger partial charge on any atom is -0.445 e. The van der Waals surface area contributed by atoms with Crippen molar-refractivity contribution in [3.05, 3.63) is 132 Å². The number of aliphatic hydroxyl groups excluding tert-OH is 2. The number of hydrogen-bond acceptors (Lipinski definition) is 8. The van der Waals surface area contributed by atoms with Crippen LogP contribution in [0.4, 0.5) is 9.59 Å². The topological polar surface area (TPSA) is 143 Å². The summed E-state index contributed by atoms with van der Waals surface area (Å²) in [7, 11) is 0. The minimum atomic E-state index is -1.48. The lowest BCUT2D eigenvalue weighted by atomic mass is 9.91. The number of aliphatic hydroxyl groups is 2. The second-order valence-corrected chi connectivity index (χ2v) is 9.74. The van der Waals surface area contributed by atoms with Gasteiger partial charge >= 0.3 is 12.2 Å². The first-order valence-electron chi connectivity index (χ1n) is 13.6. The van der Waals surface area contributed by atoms with Crippen LogP contribution >= 0.6 is 0 Å². The van der Waals surface area contributed by atoms with E-state index < -0.39 is 36.5 Å². The van der Waals surface area contributed by atoms with Gasteiger partial charge in [-0.05, 0) is 36.1 Å². The highest BCUT2D eigenvalue weighted by molar-refractivity contribution is 5.68. The van der Waals surface area contributed by atoms with E-state index in [1.807, 2.05) is 60.7 Å². The van der Waals surface area contributed by atoms with Crippen molar-refractivity contribution in [2.45, 2.75) is 50.3 Å². The van der Waals surface area contributed by atoms with Gasteiger partial charge in [-0.3, -0.25) is 9.97 Å². The van der Waals surface area contributed by atoms with Gasteiger partial charge in [-0.2, -0.15) is 0 Å². The fourth-order valence-electron chi connectivity index (χ4n) is 4.38. The molecule has 0 saturated heterocycles. The molecule has 2 aromatic heterocycles. The van der Waals surface area contributed by atoms with Crippen molar-refractivity contribution in [3.63, 3.8) is 0 Å². The molecule has 0 aliphatic carbocycles. The first kappa shape index (κ1) is 30.2. The molecule has 4 aromatic rings. The highest BCUT2D eigenvalue weighted by atomic mass is 16.6. The number of amides is 2. The summed E-state index contributed by atoms with van der Waals surface area (Å²) in [6, 6.07) is 23.6. The van der Waals surface area contributed by atoms with E-state index in [1.165, 1.54) is 0 Å². The van der Waals surface area contributed by atoms with Gasteiger partial charge in [0, 0.05) is 35.9 Å². The van der Waals surface area contributed by atoms with E-state index in [2.05, 4.69) is 20.6 Å². The Morgan fingerprint density at radius 1 is 0.595 bits per heavy atom. The largest absolute Gasteiger partial charge is 0.445 e. The standard InChI is InChI=1S/C32H34N4O6/c37-29(27(17-23-9-3-1-4-10-23)35-31(39)41-21-25-13-7-15-33-19-25)30(38)28(18-24-11-5-2-6-12-24)36-32(40)42-22-26-14-8-16-34-20-26/h1-16,19-20,27-30,37-38H,17-18,21-22H2,(H,35,39)(H,36,40)/t27-,28-,29+,30+/m0/s1. The molecule has 0 saturated carbocycles. The quantitative estimate of drug-likeness (QED) is 0.191. The zero-order chi connectivity index (χ0) is 29.6. The van der Waals surface area contributed by atoms with Crippen LogP contribution in [0.15, 0.2) is 110 Å². The van der Waals surface area contributed by atoms with Gasteiger partial charge in [-0.1, -0.05) is 72.8 Å². The third-order valence-electron chi connectivity index (χ3n) is 6.56. The van der Waals surface area contributed by atoms with E-state index in [4.69, 9.17) is 9.47 Å². The summed E-state index contributed by atoms with van der Waals surface area (Å²) in [4.78, 5) is 33.5. The second-order valence-electron chi connectivity index (χ2n) is 9.74. The Hall–Kier alpha value is -4.80. The summed E-state index contributed by atoms with van der Waals surface area (Å²) in [5.74, 6) is 0. The van der Waals surface area contributed by atoms with E-state index >= 15 is 0 Å². The minimum absolute atomic E-state index is 0.0165. The van der Waals surface area contributed by atoms with Gasteiger partial charge in [0.25, 0.3) is 0 Å². The van der Waals surface area contributed by atoms with Crippen LogP contribution in [0.25, 0.3) is 0 Å². The number of nitrogens with zero attached hydrogens (tertiary/aromatic N) is 2. The molecule has 0 aliphatic heterocycles. The average molecular weight is 571 g/mol. The fraction of sp³-hybridized carbons (Fsp3) is 0.250. The van der Waals surface area contributed by atoms with E-state index in [-0.39, 0.29) is 26.1 Å². The van der Waals surface area contributed by atoms with Gasteiger partial charge < -0.3 is 30.3 Å². The Bertz CT molecular complexity index is 1260. The van der Waals surface area contributed by atoms with Crippen molar-refractivity contribution in [1.29, 1.82) is 0 Å². The smallest absolute Gasteiger partial charge is 0.407 e. The van der Waals surface area contributed by atoms with Gasteiger partial charge in [0.2, 0.25) is 0 Å². The van der Waals surface area contributed by atoms with Gasteiger partial charge in [-0.15, -0.1) is 0 Å². The molecule has 0 spiro atoms. The number of alkyl carbamates (subject to hydrolysis) is 2. The Kier molecular flexibility index (Phi) is 11.4. The van der Waals surface area contributed by atoms with Gasteiger partial charge in [-0.25, -0.2) is 9.59 Å². The molecule has 0 unspecified atom stereocenters. The molecule has 2 amide bonds. The number of rotatable bonds is 13. The predicted molar refractivity (Wildman–Crippen MR) is 155 cm³/mol. The van der Waals surface area contributed by atoms with E-state index in [1.54, 1.807) is 49.1 Å². The van der Waals surface area contributed by atoms with Crippen molar-refractivity contribution in [1.82, 2.24) is 20.6 Å². The summed E-state index contributed by atoms with van der Waals surface area (Å²) in [5, 5.41) is 28.2. The molecule has 10 heteroatoms. The number of carbonyl (C=O) groups is 2. The number of ether oxygens (including phenoxy) is 2. The molecule has 0 bridgehead atoms. The van der Waals surface area contributed by atoms with Crippen molar-refractivity contribution in [2.75, 3.05) is 0 Å². The number of hydrogen-bond donors (Lipinski definition) is 4. The molecule has 0 radical (unpaired) electrons. The van der Waals surface area contributed by atoms with Crippen LogP contribution < -0.4 is 10.6 Å². The van der Waals surface area contributed by atoms with Crippen molar-refractivity contribution >= 4 is 12.2 Å². The number of nitrogens with one attached hydrogen (secondary N) is 2. The zero-order valence-corrected chi connectivity index (χ0v) is 23.0. The van der Waals surface area contributed by atoms with Crippen LogP contribution in [0.1, 0.15) is 22.3 Å². The summed E-state index contributed by atoms with van der Waals surface area (Å²) in [5.41, 5.74) is 3.05. The summed E-state index contributed by atoms with van der Waals surface area (Å²) >= 11 is 0. The molecule has 10 nitrogen and oxygen atoms in total. The molecule has 4 atom stereocenters. The van der Waals surface area contributed by atoms with E-state index in [9.17, 15) is 19.8 Å². The average Bonchev–Trinajstić information content (AvgIpc) is 3.03.